The normalized spacial score (nSPS) is 20.1. The smallest absolute Gasteiger partial charge is 0.225 e. The van der Waals surface area contributed by atoms with E-state index < -0.39 is 10.0 Å². The summed E-state index contributed by atoms with van der Waals surface area (Å²) in [7, 11) is -3.26. The lowest BCUT2D eigenvalue weighted by Gasteiger charge is -2.31. The molecule has 0 aromatic rings. The van der Waals surface area contributed by atoms with Gasteiger partial charge in [0.1, 0.15) is 5.21 Å². The fourth-order valence-corrected chi connectivity index (χ4v) is 2.94. The van der Waals surface area contributed by atoms with E-state index in [1.807, 2.05) is 0 Å². The van der Waals surface area contributed by atoms with Gasteiger partial charge in [-0.1, -0.05) is 13.3 Å². The molecule has 96 valence electrons. The van der Waals surface area contributed by atoms with E-state index in [1.54, 1.807) is 0 Å². The Morgan fingerprint density at radius 3 is 2.50 bits per heavy atom. The van der Waals surface area contributed by atoms with E-state index in [2.05, 4.69) is 16.5 Å². The number of unbranched alkanes of at least 4 members (excludes halogenated alkanes) is 1. The van der Waals surface area contributed by atoms with Gasteiger partial charge in [-0.05, 0) is 38.9 Å². The Balaban J connectivity index is 2.27. The van der Waals surface area contributed by atoms with Crippen LogP contribution in [0.2, 0.25) is 0 Å². The van der Waals surface area contributed by atoms with Gasteiger partial charge in [0.05, 0.1) is 0 Å². The van der Waals surface area contributed by atoms with Crippen LogP contribution in [-0.2, 0) is 10.0 Å². The van der Waals surface area contributed by atoms with E-state index in [9.17, 15) is 8.42 Å². The minimum Gasteiger partial charge on any atom is -0.303 e. The van der Waals surface area contributed by atoms with Crippen LogP contribution in [0.1, 0.15) is 32.6 Å². The minimum absolute atomic E-state index is 0.0710. The molecule has 0 aromatic carbocycles. The van der Waals surface area contributed by atoms with E-state index in [0.29, 0.717) is 0 Å². The summed E-state index contributed by atoms with van der Waals surface area (Å²) in [5.74, 6) is 0. The molecule has 0 spiro atoms. The van der Waals surface area contributed by atoms with Crippen molar-refractivity contribution in [1.82, 2.24) is 9.62 Å². The molecule has 0 atom stereocenters. The third-order valence-electron chi connectivity index (χ3n) is 2.91. The van der Waals surface area contributed by atoms with Crippen LogP contribution in [0.4, 0.5) is 0 Å². The fraction of sp³-hybridized carbons (Fsp3) is 1.00. The lowest BCUT2D eigenvalue weighted by atomic mass is 10.1. The predicted octanol–water partition coefficient (Wildman–Crippen LogP) is 1.37. The number of rotatable bonds is 6. The lowest BCUT2D eigenvalue weighted by molar-refractivity contribution is 0.205. The first-order valence-electron chi connectivity index (χ1n) is 5.85. The molecule has 0 amide bonds. The summed E-state index contributed by atoms with van der Waals surface area (Å²) >= 11 is 5.35. The molecular formula is C10H21ClN2O2S. The molecule has 6 heteroatoms. The van der Waals surface area contributed by atoms with Crippen molar-refractivity contribution in [2.45, 2.75) is 38.6 Å². The van der Waals surface area contributed by atoms with Crippen LogP contribution >= 0.6 is 11.6 Å². The summed E-state index contributed by atoms with van der Waals surface area (Å²) in [6.07, 6.45) is 4.20. The predicted molar refractivity (Wildman–Crippen MR) is 67.1 cm³/mol. The highest BCUT2D eigenvalue weighted by Crippen LogP contribution is 2.12. The average Bonchev–Trinajstić information content (AvgIpc) is 2.28. The largest absolute Gasteiger partial charge is 0.303 e. The zero-order valence-corrected chi connectivity index (χ0v) is 11.4. The molecule has 0 radical (unpaired) electrons. The van der Waals surface area contributed by atoms with Crippen LogP contribution in [0.5, 0.6) is 0 Å². The van der Waals surface area contributed by atoms with E-state index in [4.69, 9.17) is 11.6 Å². The molecule has 0 unspecified atom stereocenters. The van der Waals surface area contributed by atoms with Crippen LogP contribution in [-0.4, -0.2) is 44.2 Å². The van der Waals surface area contributed by atoms with E-state index >= 15 is 0 Å². The van der Waals surface area contributed by atoms with E-state index in [-0.39, 0.29) is 11.3 Å². The number of likely N-dealkylation sites (tertiary alicyclic amines) is 1. The zero-order valence-electron chi connectivity index (χ0n) is 9.78. The van der Waals surface area contributed by atoms with Crippen molar-refractivity contribution in [2.75, 3.05) is 24.8 Å². The second-order valence-corrected chi connectivity index (χ2v) is 6.65. The lowest BCUT2D eigenvalue weighted by Crippen LogP contribution is -2.45. The Hall–Kier alpha value is 0.160. The monoisotopic (exact) mass is 268 g/mol. The van der Waals surface area contributed by atoms with Crippen LogP contribution in [0, 0.1) is 0 Å². The van der Waals surface area contributed by atoms with Crippen molar-refractivity contribution in [2.24, 2.45) is 0 Å². The van der Waals surface area contributed by atoms with Crippen LogP contribution in [0.15, 0.2) is 0 Å². The second kappa shape index (κ2) is 6.79. The molecule has 1 rings (SSSR count). The number of hydrogen-bond acceptors (Lipinski definition) is 3. The molecule has 1 N–H and O–H groups in total. The Morgan fingerprint density at radius 2 is 2.00 bits per heavy atom. The highest BCUT2D eigenvalue weighted by Gasteiger charge is 2.22. The molecule has 1 heterocycles. The maximum atomic E-state index is 11.3. The van der Waals surface area contributed by atoms with Gasteiger partial charge in [-0.25, -0.2) is 13.1 Å². The number of nitrogens with one attached hydrogen (secondary N) is 1. The summed E-state index contributed by atoms with van der Waals surface area (Å²) < 4.78 is 25.2. The van der Waals surface area contributed by atoms with Crippen molar-refractivity contribution in [3.8, 4) is 0 Å². The first-order valence-corrected chi connectivity index (χ1v) is 8.04. The van der Waals surface area contributed by atoms with Crippen LogP contribution in [0.25, 0.3) is 0 Å². The number of nitrogens with zero attached hydrogens (tertiary/aromatic N) is 1. The Bertz CT molecular complexity index is 287. The van der Waals surface area contributed by atoms with E-state index in [1.165, 1.54) is 12.8 Å². The van der Waals surface area contributed by atoms with Crippen molar-refractivity contribution in [1.29, 1.82) is 0 Å². The molecule has 1 aliphatic heterocycles. The summed E-state index contributed by atoms with van der Waals surface area (Å²) in [6.45, 7) is 5.28. The first-order chi connectivity index (χ1) is 7.57. The third-order valence-corrected chi connectivity index (χ3v) is 4.75. The molecule has 1 fully saturated rings. The maximum absolute atomic E-state index is 11.3. The highest BCUT2D eigenvalue weighted by atomic mass is 35.5. The standard InChI is InChI=1S/C10H21ClN2O2S/c1-2-3-6-13-7-4-10(5-8-13)12-16(14,15)9-11/h10,12H,2-9H2,1H3. The maximum Gasteiger partial charge on any atom is 0.225 e. The zero-order chi connectivity index (χ0) is 12.0. The van der Waals surface area contributed by atoms with Gasteiger partial charge in [0, 0.05) is 6.04 Å². The average molecular weight is 269 g/mol. The summed E-state index contributed by atoms with van der Waals surface area (Å²) in [4.78, 5) is 2.40. The van der Waals surface area contributed by atoms with Gasteiger partial charge < -0.3 is 4.90 Å². The molecule has 0 saturated carbocycles. The Morgan fingerprint density at radius 1 is 1.38 bits per heavy atom. The number of halogens is 1. The van der Waals surface area contributed by atoms with Crippen molar-refractivity contribution >= 4 is 21.6 Å². The molecule has 16 heavy (non-hydrogen) atoms. The Labute approximate surface area is 103 Å². The topological polar surface area (TPSA) is 49.4 Å². The summed E-state index contributed by atoms with van der Waals surface area (Å²) in [5, 5.41) is -0.344. The molecule has 1 aliphatic rings. The highest BCUT2D eigenvalue weighted by molar-refractivity contribution is 7.90. The van der Waals surface area contributed by atoms with Gasteiger partial charge in [0.15, 0.2) is 0 Å². The van der Waals surface area contributed by atoms with Gasteiger partial charge in [-0.3, -0.25) is 0 Å². The number of sulfonamides is 1. The van der Waals surface area contributed by atoms with E-state index in [0.717, 1.165) is 32.5 Å². The molecule has 0 aliphatic carbocycles. The first kappa shape index (κ1) is 14.2. The van der Waals surface area contributed by atoms with Crippen molar-refractivity contribution in [3.63, 3.8) is 0 Å². The van der Waals surface area contributed by atoms with Crippen molar-refractivity contribution < 1.29 is 8.42 Å². The van der Waals surface area contributed by atoms with Gasteiger partial charge >= 0.3 is 0 Å². The molecular weight excluding hydrogens is 248 g/mol. The number of hydrogen-bond donors (Lipinski definition) is 1. The SMILES string of the molecule is CCCCN1CCC(NS(=O)(=O)CCl)CC1. The van der Waals surface area contributed by atoms with Crippen LogP contribution < -0.4 is 4.72 Å². The van der Waals surface area contributed by atoms with Gasteiger partial charge in [0.2, 0.25) is 10.0 Å². The van der Waals surface area contributed by atoms with Crippen LogP contribution in [0.3, 0.4) is 0 Å². The number of alkyl halides is 1. The second-order valence-electron chi connectivity index (χ2n) is 4.31. The summed E-state index contributed by atoms with van der Waals surface area (Å²) in [5.41, 5.74) is 0. The quantitative estimate of drug-likeness (QED) is 0.740. The fourth-order valence-electron chi connectivity index (χ4n) is 1.94. The minimum atomic E-state index is -3.26. The molecule has 0 aromatic heterocycles. The molecule has 4 nitrogen and oxygen atoms in total. The van der Waals surface area contributed by atoms with Gasteiger partial charge in [-0.2, -0.15) is 0 Å². The third kappa shape index (κ3) is 4.99. The van der Waals surface area contributed by atoms with Crippen molar-refractivity contribution in [3.05, 3.63) is 0 Å². The van der Waals surface area contributed by atoms with Gasteiger partial charge in [0.25, 0.3) is 0 Å². The molecule has 0 bridgehead atoms. The Kier molecular flexibility index (Phi) is 6.03. The van der Waals surface area contributed by atoms with Gasteiger partial charge in [-0.15, -0.1) is 11.6 Å². The number of piperidine rings is 1. The summed E-state index contributed by atoms with van der Waals surface area (Å²) in [6, 6.07) is 0.0710. The molecule has 1 saturated heterocycles.